The van der Waals surface area contributed by atoms with Crippen molar-refractivity contribution in [2.45, 2.75) is 5.75 Å². The second kappa shape index (κ2) is 9.01. The maximum atomic E-state index is 12.0. The van der Waals surface area contributed by atoms with Crippen LogP contribution in [0.5, 0.6) is 0 Å². The van der Waals surface area contributed by atoms with Crippen molar-refractivity contribution in [1.29, 1.82) is 0 Å². The monoisotopic (exact) mass is 465 g/mol. The van der Waals surface area contributed by atoms with Crippen molar-refractivity contribution >= 4 is 63.5 Å². The highest BCUT2D eigenvalue weighted by Gasteiger charge is 2.05. The summed E-state index contributed by atoms with van der Waals surface area (Å²) in [5, 5.41) is 4.07. The normalized spacial score (nSPS) is 10.5. The zero-order valence-electron chi connectivity index (χ0n) is 11.6. The van der Waals surface area contributed by atoms with E-state index >= 15 is 0 Å². The third kappa shape index (κ3) is 5.65. The maximum absolute atomic E-state index is 12.0. The highest BCUT2D eigenvalue weighted by molar-refractivity contribution is 14.1. The van der Waals surface area contributed by atoms with Crippen LogP contribution in [-0.4, -0.2) is 18.2 Å². The molecule has 6 heteroatoms. The second-order valence-corrected chi connectivity index (χ2v) is 7.73. The van der Waals surface area contributed by atoms with Crippen LogP contribution >= 0.6 is 57.6 Å². The van der Waals surface area contributed by atoms with Gasteiger partial charge in [0.1, 0.15) is 0 Å². The summed E-state index contributed by atoms with van der Waals surface area (Å²) in [4.78, 5) is 12.0. The van der Waals surface area contributed by atoms with Crippen molar-refractivity contribution in [3.63, 3.8) is 0 Å². The van der Waals surface area contributed by atoms with Crippen LogP contribution in [0, 0.1) is 3.57 Å². The first-order chi connectivity index (χ1) is 10.6. The Morgan fingerprint density at radius 2 is 1.95 bits per heavy atom. The molecule has 0 spiro atoms. The van der Waals surface area contributed by atoms with E-state index in [-0.39, 0.29) is 5.91 Å². The van der Waals surface area contributed by atoms with Crippen LogP contribution in [0.15, 0.2) is 42.5 Å². The Kier molecular flexibility index (Phi) is 7.34. The fourth-order valence-corrected chi connectivity index (χ4v) is 3.46. The van der Waals surface area contributed by atoms with Gasteiger partial charge in [0.05, 0.1) is 10.0 Å². The molecule has 22 heavy (non-hydrogen) atoms. The molecule has 2 nitrogen and oxygen atoms in total. The van der Waals surface area contributed by atoms with Crippen molar-refractivity contribution in [3.05, 3.63) is 67.2 Å². The summed E-state index contributed by atoms with van der Waals surface area (Å²) in [5.74, 6) is 1.65. The number of thioether (sulfide) groups is 1. The van der Waals surface area contributed by atoms with E-state index in [0.29, 0.717) is 22.2 Å². The number of nitrogens with one attached hydrogen (secondary N) is 1. The average molecular weight is 466 g/mol. The fraction of sp³-hybridized carbons (Fsp3) is 0.188. The predicted octanol–water partition coefficient (Wildman–Crippen LogP) is 5.26. The standard InChI is InChI=1S/C16H14Cl2INOS/c17-14-5-4-11(8-15(14)18)10-22-7-6-20-16(21)12-2-1-3-13(19)9-12/h1-5,8-9H,6-7,10H2,(H,20,21). The number of rotatable bonds is 6. The van der Waals surface area contributed by atoms with E-state index in [0.717, 1.165) is 20.6 Å². The summed E-state index contributed by atoms with van der Waals surface area (Å²) in [7, 11) is 0. The maximum Gasteiger partial charge on any atom is 0.251 e. The smallest absolute Gasteiger partial charge is 0.251 e. The Hall–Kier alpha value is -0.430. The summed E-state index contributed by atoms with van der Waals surface area (Å²) in [6.45, 7) is 0.635. The highest BCUT2D eigenvalue weighted by Crippen LogP contribution is 2.24. The van der Waals surface area contributed by atoms with Crippen LogP contribution in [0.1, 0.15) is 15.9 Å². The van der Waals surface area contributed by atoms with Crippen molar-refractivity contribution in [1.82, 2.24) is 5.32 Å². The first-order valence-corrected chi connectivity index (χ1v) is 9.60. The van der Waals surface area contributed by atoms with Crippen LogP contribution < -0.4 is 5.32 Å². The molecule has 0 aliphatic rings. The first kappa shape index (κ1) is 17.9. The molecule has 0 atom stereocenters. The Morgan fingerprint density at radius 3 is 2.68 bits per heavy atom. The quantitative estimate of drug-likeness (QED) is 0.465. The summed E-state index contributed by atoms with van der Waals surface area (Å²) < 4.78 is 1.05. The molecule has 0 aliphatic heterocycles. The van der Waals surface area contributed by atoms with E-state index < -0.39 is 0 Å². The largest absolute Gasteiger partial charge is 0.351 e. The second-order valence-electron chi connectivity index (χ2n) is 4.57. The van der Waals surface area contributed by atoms with Gasteiger partial charge in [-0.2, -0.15) is 11.8 Å². The van der Waals surface area contributed by atoms with Gasteiger partial charge in [0.15, 0.2) is 0 Å². The van der Waals surface area contributed by atoms with Crippen molar-refractivity contribution in [2.24, 2.45) is 0 Å². The zero-order chi connectivity index (χ0) is 15.9. The Balaban J connectivity index is 1.71. The van der Waals surface area contributed by atoms with Gasteiger partial charge in [-0.15, -0.1) is 0 Å². The molecule has 0 saturated carbocycles. The number of hydrogen-bond acceptors (Lipinski definition) is 2. The van der Waals surface area contributed by atoms with Crippen LogP contribution in [0.25, 0.3) is 0 Å². The lowest BCUT2D eigenvalue weighted by atomic mass is 10.2. The zero-order valence-corrected chi connectivity index (χ0v) is 16.1. The molecular formula is C16H14Cl2INOS. The van der Waals surface area contributed by atoms with E-state index in [9.17, 15) is 4.79 Å². The molecule has 2 aromatic rings. The minimum Gasteiger partial charge on any atom is -0.351 e. The molecule has 0 saturated heterocycles. The lowest BCUT2D eigenvalue weighted by Crippen LogP contribution is -2.25. The van der Waals surface area contributed by atoms with Crippen LogP contribution in [-0.2, 0) is 5.75 Å². The minimum absolute atomic E-state index is 0.0337. The van der Waals surface area contributed by atoms with Crippen molar-refractivity contribution < 1.29 is 4.79 Å². The Labute approximate surface area is 158 Å². The van der Waals surface area contributed by atoms with Crippen molar-refractivity contribution in [2.75, 3.05) is 12.3 Å². The van der Waals surface area contributed by atoms with Gasteiger partial charge in [0.2, 0.25) is 0 Å². The van der Waals surface area contributed by atoms with Gasteiger partial charge < -0.3 is 5.32 Å². The average Bonchev–Trinajstić information content (AvgIpc) is 2.50. The Morgan fingerprint density at radius 1 is 1.14 bits per heavy atom. The van der Waals surface area contributed by atoms with Crippen LogP contribution in [0.4, 0.5) is 0 Å². The van der Waals surface area contributed by atoms with Crippen LogP contribution in [0.2, 0.25) is 10.0 Å². The molecule has 1 amide bonds. The molecule has 0 unspecified atom stereocenters. The molecule has 0 heterocycles. The minimum atomic E-state index is -0.0337. The van der Waals surface area contributed by atoms with Gasteiger partial charge in [-0.05, 0) is 58.5 Å². The highest BCUT2D eigenvalue weighted by atomic mass is 127. The van der Waals surface area contributed by atoms with E-state index in [4.69, 9.17) is 23.2 Å². The number of halogens is 3. The third-order valence-corrected chi connectivity index (χ3v) is 5.31. The predicted molar refractivity (Wildman–Crippen MR) is 104 cm³/mol. The molecular weight excluding hydrogens is 452 g/mol. The fourth-order valence-electron chi connectivity index (χ4n) is 1.79. The van der Waals surface area contributed by atoms with E-state index in [1.807, 2.05) is 36.4 Å². The topological polar surface area (TPSA) is 29.1 Å². The van der Waals surface area contributed by atoms with Crippen molar-refractivity contribution in [3.8, 4) is 0 Å². The van der Waals surface area contributed by atoms with Gasteiger partial charge >= 0.3 is 0 Å². The molecule has 0 aliphatic carbocycles. The lowest BCUT2D eigenvalue weighted by molar-refractivity contribution is 0.0956. The molecule has 116 valence electrons. The van der Waals surface area contributed by atoms with Crippen LogP contribution in [0.3, 0.4) is 0 Å². The number of amides is 1. The molecule has 0 fully saturated rings. The molecule has 1 N–H and O–H groups in total. The molecule has 2 rings (SSSR count). The summed E-state index contributed by atoms with van der Waals surface area (Å²) >= 11 is 15.8. The number of hydrogen-bond donors (Lipinski definition) is 1. The summed E-state index contributed by atoms with van der Waals surface area (Å²) in [6, 6.07) is 13.2. The summed E-state index contributed by atoms with van der Waals surface area (Å²) in [5.41, 5.74) is 1.82. The van der Waals surface area contributed by atoms with Gasteiger partial charge in [0, 0.05) is 27.2 Å². The number of benzene rings is 2. The van der Waals surface area contributed by atoms with E-state index in [1.165, 1.54) is 0 Å². The van der Waals surface area contributed by atoms with Gasteiger partial charge in [-0.1, -0.05) is 35.3 Å². The molecule has 0 bridgehead atoms. The molecule has 2 aromatic carbocycles. The van der Waals surface area contributed by atoms with E-state index in [1.54, 1.807) is 17.8 Å². The van der Waals surface area contributed by atoms with E-state index in [2.05, 4.69) is 27.9 Å². The number of carbonyl (C=O) groups is 1. The Bertz CT molecular complexity index is 666. The molecule has 0 radical (unpaired) electrons. The third-order valence-electron chi connectivity index (χ3n) is 2.87. The lowest BCUT2D eigenvalue weighted by Gasteiger charge is -2.06. The van der Waals surface area contributed by atoms with Gasteiger partial charge in [-0.25, -0.2) is 0 Å². The SMILES string of the molecule is O=C(NCCSCc1ccc(Cl)c(Cl)c1)c1cccc(I)c1. The van der Waals surface area contributed by atoms with Gasteiger partial charge in [0.25, 0.3) is 5.91 Å². The first-order valence-electron chi connectivity index (χ1n) is 6.61. The van der Waals surface area contributed by atoms with Gasteiger partial charge in [-0.3, -0.25) is 4.79 Å². The summed E-state index contributed by atoms with van der Waals surface area (Å²) in [6.07, 6.45) is 0. The number of carbonyl (C=O) groups excluding carboxylic acids is 1. The molecule has 0 aromatic heterocycles.